The number of epoxide rings is 2. The highest BCUT2D eigenvalue weighted by atomic mass is 16.6. The van der Waals surface area contributed by atoms with Crippen molar-refractivity contribution < 1.29 is 14.3 Å². The maximum absolute atomic E-state index is 10.5. The van der Waals surface area contributed by atoms with E-state index in [1.54, 1.807) is 0 Å². The van der Waals surface area contributed by atoms with Crippen molar-refractivity contribution in [3.05, 3.63) is 0 Å². The summed E-state index contributed by atoms with van der Waals surface area (Å²) in [7, 11) is 0. The molecule has 2 fully saturated rings. The minimum absolute atomic E-state index is 0.101. The molecule has 2 aliphatic heterocycles. The highest BCUT2D eigenvalue weighted by Crippen LogP contribution is 2.39. The Morgan fingerprint density at radius 1 is 1.31 bits per heavy atom. The molecule has 2 saturated heterocycles. The summed E-state index contributed by atoms with van der Waals surface area (Å²) in [5.74, 6) is 0. The molecule has 3 nitrogen and oxygen atoms in total. The van der Waals surface area contributed by atoms with Crippen molar-refractivity contribution in [2.45, 2.75) is 38.4 Å². The van der Waals surface area contributed by atoms with Gasteiger partial charge in [0.05, 0.1) is 25.4 Å². The largest absolute Gasteiger partial charge is 0.373 e. The average molecular weight is 184 g/mol. The lowest BCUT2D eigenvalue weighted by Crippen LogP contribution is -2.22. The van der Waals surface area contributed by atoms with Gasteiger partial charge in [-0.2, -0.15) is 0 Å². The Kier molecular flexibility index (Phi) is 2.39. The molecular weight excluding hydrogens is 168 g/mol. The number of rotatable bonds is 6. The zero-order valence-electron chi connectivity index (χ0n) is 7.99. The van der Waals surface area contributed by atoms with Gasteiger partial charge in [-0.15, -0.1) is 0 Å². The van der Waals surface area contributed by atoms with Gasteiger partial charge in [0.15, 0.2) is 0 Å². The van der Waals surface area contributed by atoms with Crippen LogP contribution in [0.5, 0.6) is 0 Å². The van der Waals surface area contributed by atoms with Crippen LogP contribution in [0.1, 0.15) is 26.2 Å². The predicted molar refractivity (Wildman–Crippen MR) is 47.5 cm³/mol. The topological polar surface area (TPSA) is 42.1 Å². The van der Waals surface area contributed by atoms with E-state index in [1.807, 2.05) is 0 Å². The summed E-state index contributed by atoms with van der Waals surface area (Å²) in [6.45, 7) is 3.91. The first-order chi connectivity index (χ1) is 6.22. The smallest absolute Gasteiger partial charge is 0.120 e. The van der Waals surface area contributed by atoms with E-state index in [-0.39, 0.29) is 5.41 Å². The summed E-state index contributed by atoms with van der Waals surface area (Å²) in [6, 6.07) is 0. The lowest BCUT2D eigenvalue weighted by molar-refractivity contribution is -0.109. The molecule has 2 unspecified atom stereocenters. The second-order valence-electron chi connectivity index (χ2n) is 4.50. The number of hydrogen-bond donors (Lipinski definition) is 0. The molecule has 74 valence electrons. The molecule has 2 atom stereocenters. The molecule has 0 spiro atoms. The van der Waals surface area contributed by atoms with E-state index in [0.717, 1.165) is 32.3 Å². The molecule has 0 saturated carbocycles. The van der Waals surface area contributed by atoms with Crippen molar-refractivity contribution in [1.29, 1.82) is 0 Å². The summed E-state index contributed by atoms with van der Waals surface area (Å²) in [5, 5.41) is 0. The van der Waals surface area contributed by atoms with Gasteiger partial charge in [-0.1, -0.05) is 6.92 Å². The van der Waals surface area contributed by atoms with Crippen LogP contribution < -0.4 is 0 Å². The van der Waals surface area contributed by atoms with E-state index < -0.39 is 0 Å². The molecule has 0 radical (unpaired) electrons. The van der Waals surface area contributed by atoms with Crippen LogP contribution in [0.25, 0.3) is 0 Å². The number of carbonyl (C=O) groups excluding carboxylic acids is 1. The van der Waals surface area contributed by atoms with Gasteiger partial charge in [0.25, 0.3) is 0 Å². The highest BCUT2D eigenvalue weighted by Gasteiger charge is 2.39. The monoisotopic (exact) mass is 184 g/mol. The molecule has 0 bridgehead atoms. The SMILES string of the molecule is CC(CC=O)(CC1CO1)CC1CO1. The standard InChI is InChI=1S/C10H16O3/c1-10(2-3-11,4-8-6-12-8)5-9-7-13-9/h3,8-9H,2,4-7H2,1H3. The molecule has 0 N–H and O–H groups in total. The zero-order valence-corrected chi connectivity index (χ0v) is 7.99. The maximum Gasteiger partial charge on any atom is 0.120 e. The summed E-state index contributed by atoms with van der Waals surface area (Å²) in [6.07, 6.45) is 4.47. The molecule has 2 heterocycles. The van der Waals surface area contributed by atoms with Gasteiger partial charge in [0.2, 0.25) is 0 Å². The fourth-order valence-electron chi connectivity index (χ4n) is 1.92. The quantitative estimate of drug-likeness (QED) is 0.459. The third-order valence-corrected chi connectivity index (χ3v) is 2.82. The second kappa shape index (κ2) is 3.39. The van der Waals surface area contributed by atoms with Crippen LogP contribution in [-0.4, -0.2) is 31.7 Å². The number of aldehydes is 1. The Balaban J connectivity index is 1.85. The normalized spacial score (nSPS) is 35.2. The van der Waals surface area contributed by atoms with E-state index in [4.69, 9.17) is 9.47 Å². The van der Waals surface area contributed by atoms with Gasteiger partial charge in [-0.05, 0) is 18.3 Å². The highest BCUT2D eigenvalue weighted by molar-refractivity contribution is 5.50. The molecule has 3 heteroatoms. The van der Waals surface area contributed by atoms with Gasteiger partial charge in [0, 0.05) is 6.42 Å². The van der Waals surface area contributed by atoms with Crippen LogP contribution in [0.3, 0.4) is 0 Å². The fourth-order valence-corrected chi connectivity index (χ4v) is 1.92. The molecule has 0 aromatic carbocycles. The summed E-state index contributed by atoms with van der Waals surface area (Å²) in [4.78, 5) is 10.5. The average Bonchev–Trinajstić information content (AvgIpc) is 2.85. The molecular formula is C10H16O3. The minimum Gasteiger partial charge on any atom is -0.373 e. The molecule has 0 amide bonds. The van der Waals surface area contributed by atoms with Crippen LogP contribution in [0.15, 0.2) is 0 Å². The Bertz CT molecular complexity index is 180. The van der Waals surface area contributed by atoms with E-state index >= 15 is 0 Å². The fraction of sp³-hybridized carbons (Fsp3) is 0.900. The molecule has 0 aromatic rings. The first-order valence-corrected chi connectivity index (χ1v) is 4.89. The van der Waals surface area contributed by atoms with E-state index in [2.05, 4.69) is 6.92 Å². The van der Waals surface area contributed by atoms with E-state index in [0.29, 0.717) is 18.6 Å². The van der Waals surface area contributed by atoms with Crippen molar-refractivity contribution in [1.82, 2.24) is 0 Å². The summed E-state index contributed by atoms with van der Waals surface area (Å²) >= 11 is 0. The van der Waals surface area contributed by atoms with E-state index in [9.17, 15) is 4.79 Å². The van der Waals surface area contributed by atoms with Crippen LogP contribution >= 0.6 is 0 Å². The molecule has 0 aliphatic carbocycles. The Hall–Kier alpha value is -0.410. The summed E-state index contributed by atoms with van der Waals surface area (Å²) in [5.41, 5.74) is 0.101. The van der Waals surface area contributed by atoms with Crippen molar-refractivity contribution in [3.63, 3.8) is 0 Å². The number of ether oxygens (including phenoxy) is 2. The molecule has 0 aromatic heterocycles. The van der Waals surface area contributed by atoms with Gasteiger partial charge in [0.1, 0.15) is 6.29 Å². The van der Waals surface area contributed by atoms with Crippen LogP contribution in [0, 0.1) is 5.41 Å². The Morgan fingerprint density at radius 3 is 2.08 bits per heavy atom. The first-order valence-electron chi connectivity index (χ1n) is 4.89. The third-order valence-electron chi connectivity index (χ3n) is 2.82. The number of hydrogen-bond acceptors (Lipinski definition) is 3. The number of carbonyl (C=O) groups is 1. The molecule has 2 rings (SSSR count). The second-order valence-corrected chi connectivity index (χ2v) is 4.50. The van der Waals surface area contributed by atoms with Crippen molar-refractivity contribution in [2.24, 2.45) is 5.41 Å². The van der Waals surface area contributed by atoms with Crippen LogP contribution in [0.4, 0.5) is 0 Å². The molecule has 13 heavy (non-hydrogen) atoms. The summed E-state index contributed by atoms with van der Waals surface area (Å²) < 4.78 is 10.4. The van der Waals surface area contributed by atoms with Gasteiger partial charge >= 0.3 is 0 Å². The van der Waals surface area contributed by atoms with Crippen LogP contribution in [-0.2, 0) is 14.3 Å². The third kappa shape index (κ3) is 2.78. The van der Waals surface area contributed by atoms with Gasteiger partial charge in [-0.3, -0.25) is 0 Å². The van der Waals surface area contributed by atoms with Crippen molar-refractivity contribution >= 4 is 6.29 Å². The van der Waals surface area contributed by atoms with Crippen LogP contribution in [0.2, 0.25) is 0 Å². The zero-order chi connectivity index (χ0) is 9.31. The maximum atomic E-state index is 10.5. The lowest BCUT2D eigenvalue weighted by atomic mass is 9.78. The van der Waals surface area contributed by atoms with Gasteiger partial charge < -0.3 is 14.3 Å². The minimum atomic E-state index is 0.101. The van der Waals surface area contributed by atoms with Gasteiger partial charge in [-0.25, -0.2) is 0 Å². The van der Waals surface area contributed by atoms with E-state index in [1.165, 1.54) is 0 Å². The molecule has 2 aliphatic rings. The first kappa shape index (κ1) is 9.16. The predicted octanol–water partition coefficient (Wildman–Crippen LogP) is 1.16. The van der Waals surface area contributed by atoms with Crippen molar-refractivity contribution in [2.75, 3.05) is 13.2 Å². The Morgan fingerprint density at radius 2 is 1.77 bits per heavy atom. The van der Waals surface area contributed by atoms with Crippen molar-refractivity contribution in [3.8, 4) is 0 Å². The Labute approximate surface area is 78.4 Å². The lowest BCUT2D eigenvalue weighted by Gasteiger charge is -2.25.